The predicted octanol–water partition coefficient (Wildman–Crippen LogP) is 2.96. The van der Waals surface area contributed by atoms with Crippen LogP contribution in [0.5, 0.6) is 0 Å². The van der Waals surface area contributed by atoms with Crippen molar-refractivity contribution in [2.45, 2.75) is 31.6 Å². The minimum Gasteiger partial charge on any atom is -0.382 e. The van der Waals surface area contributed by atoms with Crippen LogP contribution in [0.2, 0.25) is 0 Å². The molecule has 0 spiro atoms. The molecular weight excluding hydrogens is 236 g/mol. The van der Waals surface area contributed by atoms with E-state index in [-0.39, 0.29) is 0 Å². The second-order valence-corrected chi connectivity index (χ2v) is 5.89. The first kappa shape index (κ1) is 11.0. The number of nitrogens with two attached hydrogens (primary N) is 1. The number of hydrogen-bond donors (Lipinski definition) is 2. The number of anilines is 1. The molecule has 4 nitrogen and oxygen atoms in total. The average Bonchev–Trinajstić information content (AvgIpc) is 3.14. The number of aromatic amines is 1. The van der Waals surface area contributed by atoms with Gasteiger partial charge in [0.05, 0.1) is 17.0 Å². The molecule has 2 bridgehead atoms. The molecule has 0 amide bonds. The molecule has 3 unspecified atom stereocenters. The monoisotopic (exact) mass is 254 g/mol. The Morgan fingerprint density at radius 1 is 1.21 bits per heavy atom. The van der Waals surface area contributed by atoms with Crippen LogP contribution in [0.3, 0.4) is 0 Å². The molecule has 2 aromatic heterocycles. The van der Waals surface area contributed by atoms with Crippen molar-refractivity contribution in [1.82, 2.24) is 15.2 Å². The third kappa shape index (κ3) is 1.66. The number of H-pyrrole nitrogens is 1. The Morgan fingerprint density at radius 2 is 2.16 bits per heavy atom. The van der Waals surface area contributed by atoms with Gasteiger partial charge in [0.15, 0.2) is 5.82 Å². The molecule has 0 aliphatic heterocycles. The molecule has 2 aromatic rings. The number of nitrogen functional groups attached to an aromatic ring is 1. The summed E-state index contributed by atoms with van der Waals surface area (Å²) in [7, 11) is 0. The molecule has 0 aromatic carbocycles. The fraction of sp³-hybridized carbons (Fsp3) is 0.467. The van der Waals surface area contributed by atoms with Crippen molar-refractivity contribution in [2.24, 2.45) is 11.8 Å². The molecule has 3 atom stereocenters. The first-order valence-corrected chi connectivity index (χ1v) is 7.08. The molecule has 2 aliphatic rings. The lowest BCUT2D eigenvalue weighted by atomic mass is 9.84. The fourth-order valence-corrected chi connectivity index (χ4v) is 4.02. The predicted molar refractivity (Wildman–Crippen MR) is 74.4 cm³/mol. The van der Waals surface area contributed by atoms with Gasteiger partial charge in [-0.05, 0) is 43.2 Å². The van der Waals surface area contributed by atoms with E-state index in [4.69, 9.17) is 5.73 Å². The normalized spacial score (nSPS) is 28.9. The van der Waals surface area contributed by atoms with Crippen molar-refractivity contribution in [2.75, 3.05) is 5.73 Å². The van der Waals surface area contributed by atoms with Crippen LogP contribution in [0, 0.1) is 11.8 Å². The summed E-state index contributed by atoms with van der Waals surface area (Å²) in [6, 6.07) is 5.94. The molecule has 4 rings (SSSR count). The van der Waals surface area contributed by atoms with Crippen molar-refractivity contribution in [3.05, 3.63) is 30.1 Å². The quantitative estimate of drug-likeness (QED) is 0.865. The zero-order chi connectivity index (χ0) is 12.8. The Morgan fingerprint density at radius 3 is 2.84 bits per heavy atom. The van der Waals surface area contributed by atoms with Gasteiger partial charge in [0.2, 0.25) is 0 Å². The van der Waals surface area contributed by atoms with Crippen LogP contribution in [-0.2, 0) is 0 Å². The van der Waals surface area contributed by atoms with E-state index in [0.29, 0.717) is 11.7 Å². The maximum absolute atomic E-state index is 6.06. The number of nitrogens with zero attached hydrogens (tertiary/aromatic N) is 2. The molecule has 0 saturated heterocycles. The Bertz CT molecular complexity index is 589. The van der Waals surface area contributed by atoms with E-state index in [2.05, 4.69) is 15.2 Å². The van der Waals surface area contributed by atoms with Gasteiger partial charge in [-0.15, -0.1) is 0 Å². The standard InChI is InChI=1S/C15H18N4/c16-15-13(12-3-1-2-6-17-12)14(18-19-15)11-8-9-4-5-10(11)7-9/h1-3,6,9-11H,4-5,7-8H2,(H3,16,18,19). The molecule has 2 fully saturated rings. The summed E-state index contributed by atoms with van der Waals surface area (Å²) in [6.07, 6.45) is 7.24. The van der Waals surface area contributed by atoms with Crippen LogP contribution in [0.25, 0.3) is 11.3 Å². The smallest absolute Gasteiger partial charge is 0.154 e. The summed E-state index contributed by atoms with van der Waals surface area (Å²) < 4.78 is 0. The third-order valence-corrected chi connectivity index (χ3v) is 4.85. The first-order chi connectivity index (χ1) is 9.33. The lowest BCUT2D eigenvalue weighted by Crippen LogP contribution is -2.10. The van der Waals surface area contributed by atoms with Crippen LogP contribution in [0.4, 0.5) is 5.82 Å². The zero-order valence-electron chi connectivity index (χ0n) is 10.8. The largest absolute Gasteiger partial charge is 0.382 e. The second kappa shape index (κ2) is 4.08. The Kier molecular flexibility index (Phi) is 2.37. The van der Waals surface area contributed by atoms with Gasteiger partial charge in [-0.2, -0.15) is 5.10 Å². The van der Waals surface area contributed by atoms with Crippen LogP contribution < -0.4 is 5.73 Å². The number of pyridine rings is 1. The molecule has 2 aliphatic carbocycles. The Labute approximate surface area is 112 Å². The van der Waals surface area contributed by atoms with E-state index < -0.39 is 0 Å². The van der Waals surface area contributed by atoms with Gasteiger partial charge in [0.1, 0.15) is 0 Å². The molecular formula is C15H18N4. The summed E-state index contributed by atoms with van der Waals surface area (Å²) in [4.78, 5) is 4.44. The maximum atomic E-state index is 6.06. The molecule has 98 valence electrons. The second-order valence-electron chi connectivity index (χ2n) is 5.89. The molecule has 4 heteroatoms. The summed E-state index contributed by atoms with van der Waals surface area (Å²) in [5, 5.41) is 7.42. The van der Waals surface area contributed by atoms with E-state index in [1.165, 1.54) is 31.4 Å². The van der Waals surface area contributed by atoms with Gasteiger partial charge in [-0.1, -0.05) is 12.5 Å². The van der Waals surface area contributed by atoms with Crippen LogP contribution >= 0.6 is 0 Å². The summed E-state index contributed by atoms with van der Waals surface area (Å²) >= 11 is 0. The zero-order valence-corrected chi connectivity index (χ0v) is 10.8. The molecule has 3 N–H and O–H groups in total. The summed E-state index contributed by atoms with van der Waals surface area (Å²) in [6.45, 7) is 0. The minimum atomic E-state index is 0.580. The van der Waals surface area contributed by atoms with Crippen LogP contribution in [-0.4, -0.2) is 15.2 Å². The number of hydrogen-bond acceptors (Lipinski definition) is 3. The number of nitrogens with one attached hydrogen (secondary N) is 1. The average molecular weight is 254 g/mol. The molecule has 2 saturated carbocycles. The molecule has 19 heavy (non-hydrogen) atoms. The highest BCUT2D eigenvalue weighted by atomic mass is 15.2. The van der Waals surface area contributed by atoms with E-state index in [0.717, 1.165) is 23.1 Å². The van der Waals surface area contributed by atoms with E-state index in [9.17, 15) is 0 Å². The van der Waals surface area contributed by atoms with Gasteiger partial charge < -0.3 is 5.73 Å². The first-order valence-electron chi connectivity index (χ1n) is 7.08. The SMILES string of the molecule is Nc1n[nH]c(C2CC3CCC2C3)c1-c1ccccn1. The van der Waals surface area contributed by atoms with Crippen molar-refractivity contribution < 1.29 is 0 Å². The van der Waals surface area contributed by atoms with Gasteiger partial charge in [0.25, 0.3) is 0 Å². The van der Waals surface area contributed by atoms with Gasteiger partial charge in [-0.3, -0.25) is 10.1 Å². The van der Waals surface area contributed by atoms with E-state index >= 15 is 0 Å². The number of aromatic nitrogens is 3. The van der Waals surface area contributed by atoms with Gasteiger partial charge in [0, 0.05) is 12.1 Å². The highest BCUT2D eigenvalue weighted by Gasteiger charge is 2.42. The van der Waals surface area contributed by atoms with E-state index in [1.807, 2.05) is 24.4 Å². The highest BCUT2D eigenvalue weighted by Crippen LogP contribution is 2.54. The van der Waals surface area contributed by atoms with Crippen molar-refractivity contribution in [3.63, 3.8) is 0 Å². The molecule has 2 heterocycles. The van der Waals surface area contributed by atoms with Crippen molar-refractivity contribution in [3.8, 4) is 11.3 Å². The van der Waals surface area contributed by atoms with Crippen molar-refractivity contribution in [1.29, 1.82) is 0 Å². The lowest BCUT2D eigenvalue weighted by Gasteiger charge is -2.21. The lowest BCUT2D eigenvalue weighted by molar-refractivity contribution is 0.413. The third-order valence-electron chi connectivity index (χ3n) is 4.85. The summed E-state index contributed by atoms with van der Waals surface area (Å²) in [5.74, 6) is 2.90. The van der Waals surface area contributed by atoms with E-state index in [1.54, 1.807) is 0 Å². The Balaban J connectivity index is 1.78. The van der Waals surface area contributed by atoms with Crippen molar-refractivity contribution >= 4 is 5.82 Å². The van der Waals surface area contributed by atoms with Crippen LogP contribution in [0.15, 0.2) is 24.4 Å². The van der Waals surface area contributed by atoms with Gasteiger partial charge in [-0.25, -0.2) is 0 Å². The molecule has 0 radical (unpaired) electrons. The Hall–Kier alpha value is -1.84. The maximum Gasteiger partial charge on any atom is 0.154 e. The minimum absolute atomic E-state index is 0.580. The fourth-order valence-electron chi connectivity index (χ4n) is 4.02. The van der Waals surface area contributed by atoms with Gasteiger partial charge >= 0.3 is 0 Å². The van der Waals surface area contributed by atoms with Crippen LogP contribution in [0.1, 0.15) is 37.3 Å². The number of fused-ring (bicyclic) bond motifs is 2. The highest BCUT2D eigenvalue weighted by molar-refractivity contribution is 5.74. The number of rotatable bonds is 2. The summed E-state index contributed by atoms with van der Waals surface area (Å²) in [5.41, 5.74) is 9.23. The topological polar surface area (TPSA) is 67.6 Å².